The first-order valence-electron chi connectivity index (χ1n) is 7.16. The van der Waals surface area contributed by atoms with Gasteiger partial charge in [-0.25, -0.2) is 0 Å². The van der Waals surface area contributed by atoms with Gasteiger partial charge in [-0.15, -0.1) is 0 Å². The molecule has 0 radical (unpaired) electrons. The summed E-state index contributed by atoms with van der Waals surface area (Å²) in [5.74, 6) is 1.65. The van der Waals surface area contributed by atoms with Crippen molar-refractivity contribution in [3.05, 3.63) is 12.2 Å². The second-order valence-electron chi connectivity index (χ2n) is 5.54. The van der Waals surface area contributed by atoms with Gasteiger partial charge in [0.25, 0.3) is 0 Å². The SMILES string of the molecule is CCC(C)CCC(N)C=CC1CCCCC1. The molecule has 1 aliphatic carbocycles. The monoisotopic (exact) mass is 223 g/mol. The minimum atomic E-state index is 0.288. The number of hydrogen-bond donors (Lipinski definition) is 1. The van der Waals surface area contributed by atoms with Crippen LogP contribution in [0.4, 0.5) is 0 Å². The maximum Gasteiger partial charge on any atom is 0.0223 e. The summed E-state index contributed by atoms with van der Waals surface area (Å²) < 4.78 is 0. The molecule has 1 aliphatic rings. The molecule has 0 saturated heterocycles. The van der Waals surface area contributed by atoms with Gasteiger partial charge in [-0.3, -0.25) is 0 Å². The lowest BCUT2D eigenvalue weighted by molar-refractivity contribution is 0.417. The van der Waals surface area contributed by atoms with Gasteiger partial charge in [-0.2, -0.15) is 0 Å². The van der Waals surface area contributed by atoms with Crippen molar-refractivity contribution in [3.8, 4) is 0 Å². The Balaban J connectivity index is 2.16. The van der Waals surface area contributed by atoms with Crippen molar-refractivity contribution < 1.29 is 0 Å². The normalized spacial score (nSPS) is 22.4. The Morgan fingerprint density at radius 2 is 1.88 bits per heavy atom. The number of rotatable bonds is 6. The van der Waals surface area contributed by atoms with Crippen molar-refractivity contribution in [2.24, 2.45) is 17.6 Å². The Morgan fingerprint density at radius 1 is 1.19 bits per heavy atom. The smallest absolute Gasteiger partial charge is 0.0223 e. The first-order chi connectivity index (χ1) is 7.72. The van der Waals surface area contributed by atoms with E-state index >= 15 is 0 Å². The highest BCUT2D eigenvalue weighted by atomic mass is 14.6. The zero-order chi connectivity index (χ0) is 11.8. The van der Waals surface area contributed by atoms with Gasteiger partial charge in [0, 0.05) is 6.04 Å². The number of nitrogens with two attached hydrogens (primary N) is 1. The summed E-state index contributed by atoms with van der Waals surface area (Å²) in [4.78, 5) is 0. The Morgan fingerprint density at radius 3 is 2.50 bits per heavy atom. The molecule has 16 heavy (non-hydrogen) atoms. The molecule has 1 heteroatoms. The lowest BCUT2D eigenvalue weighted by Gasteiger charge is -2.18. The molecule has 0 aromatic heterocycles. The van der Waals surface area contributed by atoms with Crippen LogP contribution < -0.4 is 5.73 Å². The minimum absolute atomic E-state index is 0.288. The van der Waals surface area contributed by atoms with Crippen molar-refractivity contribution in [2.45, 2.75) is 71.3 Å². The molecule has 0 spiro atoms. The van der Waals surface area contributed by atoms with Crippen LogP contribution in [0.5, 0.6) is 0 Å². The van der Waals surface area contributed by atoms with E-state index in [9.17, 15) is 0 Å². The van der Waals surface area contributed by atoms with Gasteiger partial charge in [0.05, 0.1) is 0 Å². The topological polar surface area (TPSA) is 26.0 Å². The second kappa shape index (κ2) is 7.89. The van der Waals surface area contributed by atoms with Crippen molar-refractivity contribution in [3.63, 3.8) is 0 Å². The highest BCUT2D eigenvalue weighted by molar-refractivity contribution is 4.96. The zero-order valence-electron chi connectivity index (χ0n) is 11.1. The summed E-state index contributed by atoms with van der Waals surface area (Å²) in [5.41, 5.74) is 6.11. The molecule has 0 aromatic carbocycles. The Kier molecular flexibility index (Phi) is 6.79. The molecule has 2 N–H and O–H groups in total. The van der Waals surface area contributed by atoms with Crippen LogP contribution >= 0.6 is 0 Å². The molecule has 1 saturated carbocycles. The maximum atomic E-state index is 6.11. The van der Waals surface area contributed by atoms with Crippen LogP contribution in [0, 0.1) is 11.8 Å². The van der Waals surface area contributed by atoms with E-state index in [0.717, 1.165) is 18.3 Å². The number of hydrogen-bond acceptors (Lipinski definition) is 1. The van der Waals surface area contributed by atoms with Gasteiger partial charge in [-0.05, 0) is 37.5 Å². The van der Waals surface area contributed by atoms with E-state index in [1.807, 2.05) is 0 Å². The molecule has 0 heterocycles. The van der Waals surface area contributed by atoms with E-state index < -0.39 is 0 Å². The molecular weight excluding hydrogens is 194 g/mol. The molecule has 0 aromatic rings. The summed E-state index contributed by atoms with van der Waals surface area (Å²) in [5, 5.41) is 0. The Hall–Kier alpha value is -0.300. The summed E-state index contributed by atoms with van der Waals surface area (Å²) in [7, 11) is 0. The van der Waals surface area contributed by atoms with E-state index in [-0.39, 0.29) is 6.04 Å². The van der Waals surface area contributed by atoms with Crippen LogP contribution in [0.25, 0.3) is 0 Å². The average molecular weight is 223 g/mol. The van der Waals surface area contributed by atoms with E-state index in [1.54, 1.807) is 0 Å². The zero-order valence-corrected chi connectivity index (χ0v) is 11.1. The third-order valence-corrected chi connectivity index (χ3v) is 3.97. The predicted molar refractivity (Wildman–Crippen MR) is 72.4 cm³/mol. The summed E-state index contributed by atoms with van der Waals surface area (Å²) in [6.07, 6.45) is 15.4. The maximum absolute atomic E-state index is 6.11. The summed E-state index contributed by atoms with van der Waals surface area (Å²) >= 11 is 0. The quantitative estimate of drug-likeness (QED) is 0.668. The van der Waals surface area contributed by atoms with Crippen molar-refractivity contribution >= 4 is 0 Å². The van der Waals surface area contributed by atoms with Gasteiger partial charge in [-0.1, -0.05) is 51.7 Å². The third-order valence-electron chi connectivity index (χ3n) is 3.97. The minimum Gasteiger partial charge on any atom is -0.324 e. The summed E-state index contributed by atoms with van der Waals surface area (Å²) in [6, 6.07) is 0.288. The lowest BCUT2D eigenvalue weighted by Crippen LogP contribution is -2.18. The number of allylic oxidation sites excluding steroid dienone is 1. The van der Waals surface area contributed by atoms with E-state index in [0.29, 0.717) is 0 Å². The van der Waals surface area contributed by atoms with Gasteiger partial charge in [0.15, 0.2) is 0 Å². The van der Waals surface area contributed by atoms with Crippen LogP contribution in [0.2, 0.25) is 0 Å². The summed E-state index contributed by atoms with van der Waals surface area (Å²) in [6.45, 7) is 4.58. The molecule has 1 fully saturated rings. The van der Waals surface area contributed by atoms with Crippen LogP contribution in [-0.2, 0) is 0 Å². The highest BCUT2D eigenvalue weighted by Crippen LogP contribution is 2.24. The van der Waals surface area contributed by atoms with Gasteiger partial charge in [0.1, 0.15) is 0 Å². The van der Waals surface area contributed by atoms with Crippen LogP contribution in [0.15, 0.2) is 12.2 Å². The van der Waals surface area contributed by atoms with Crippen LogP contribution in [0.3, 0.4) is 0 Å². The fourth-order valence-corrected chi connectivity index (χ4v) is 2.40. The fraction of sp³-hybridized carbons (Fsp3) is 0.867. The Bertz CT molecular complexity index is 192. The molecule has 0 bridgehead atoms. The van der Waals surface area contributed by atoms with Crippen molar-refractivity contribution in [1.82, 2.24) is 0 Å². The molecule has 1 rings (SSSR count). The standard InChI is InChI=1S/C15H29N/c1-3-13(2)9-11-15(16)12-10-14-7-5-4-6-8-14/h10,12-15H,3-9,11,16H2,1-2H3. The largest absolute Gasteiger partial charge is 0.324 e. The Labute approximate surface area is 101 Å². The molecule has 0 aliphatic heterocycles. The molecular formula is C15H29N. The average Bonchev–Trinajstić information content (AvgIpc) is 2.34. The fourth-order valence-electron chi connectivity index (χ4n) is 2.40. The third kappa shape index (κ3) is 5.69. The van der Waals surface area contributed by atoms with E-state index in [2.05, 4.69) is 26.0 Å². The van der Waals surface area contributed by atoms with Crippen LogP contribution in [-0.4, -0.2) is 6.04 Å². The van der Waals surface area contributed by atoms with Crippen molar-refractivity contribution in [1.29, 1.82) is 0 Å². The van der Waals surface area contributed by atoms with Gasteiger partial charge < -0.3 is 5.73 Å². The molecule has 2 atom stereocenters. The molecule has 2 unspecified atom stereocenters. The second-order valence-corrected chi connectivity index (χ2v) is 5.54. The lowest BCUT2D eigenvalue weighted by atomic mass is 9.88. The predicted octanol–water partition coefficient (Wildman–Crippen LogP) is 4.28. The van der Waals surface area contributed by atoms with E-state index in [4.69, 9.17) is 5.73 Å². The van der Waals surface area contributed by atoms with Crippen LogP contribution in [0.1, 0.15) is 65.2 Å². The van der Waals surface area contributed by atoms with Gasteiger partial charge >= 0.3 is 0 Å². The first-order valence-corrected chi connectivity index (χ1v) is 7.16. The van der Waals surface area contributed by atoms with Crippen molar-refractivity contribution in [2.75, 3.05) is 0 Å². The highest BCUT2D eigenvalue weighted by Gasteiger charge is 2.10. The molecule has 0 amide bonds. The molecule has 1 nitrogen and oxygen atoms in total. The first kappa shape index (κ1) is 13.8. The molecule has 94 valence electrons. The van der Waals surface area contributed by atoms with Gasteiger partial charge in [0.2, 0.25) is 0 Å². The van der Waals surface area contributed by atoms with E-state index in [1.165, 1.54) is 44.9 Å².